The number of carbonyl (C=O) groups excluding carboxylic acids is 2. The second kappa shape index (κ2) is 9.46. The summed E-state index contributed by atoms with van der Waals surface area (Å²) < 4.78 is 0. The first kappa shape index (κ1) is 20.0. The maximum atomic E-state index is 12.8. The van der Waals surface area contributed by atoms with Crippen LogP contribution in [0, 0.1) is 0 Å². The molecule has 1 heterocycles. The van der Waals surface area contributed by atoms with Crippen molar-refractivity contribution in [1.82, 2.24) is 4.98 Å². The standard InChI is InChI=1S/C22H25N3O2S/c1-3-6-21(26)24-16-7-5-8-18(13-16)28-20(4-2)22(27)25-17-10-9-15-11-12-23-19(15)14-17/h5,7-14,20,23H,3-4,6H2,1-2H3,(H,24,26)(H,25,27). The highest BCUT2D eigenvalue weighted by atomic mass is 32.2. The Morgan fingerprint density at radius 3 is 2.64 bits per heavy atom. The smallest absolute Gasteiger partial charge is 0.237 e. The van der Waals surface area contributed by atoms with Gasteiger partial charge in [-0.3, -0.25) is 9.59 Å². The summed E-state index contributed by atoms with van der Waals surface area (Å²) in [5.41, 5.74) is 2.53. The lowest BCUT2D eigenvalue weighted by molar-refractivity contribution is -0.116. The fraction of sp³-hybridized carbons (Fsp3) is 0.273. The molecule has 146 valence electrons. The molecule has 2 amide bonds. The second-order valence-electron chi connectivity index (χ2n) is 6.61. The van der Waals surface area contributed by atoms with E-state index in [1.165, 1.54) is 11.8 Å². The van der Waals surface area contributed by atoms with Crippen molar-refractivity contribution in [1.29, 1.82) is 0 Å². The van der Waals surface area contributed by atoms with Gasteiger partial charge in [0.25, 0.3) is 0 Å². The van der Waals surface area contributed by atoms with Crippen molar-refractivity contribution in [2.75, 3.05) is 10.6 Å². The zero-order valence-corrected chi connectivity index (χ0v) is 16.9. The molecule has 3 aromatic rings. The predicted octanol–water partition coefficient (Wildman–Crippen LogP) is 5.42. The number of hydrogen-bond donors (Lipinski definition) is 3. The fourth-order valence-electron chi connectivity index (χ4n) is 2.93. The molecule has 0 aliphatic heterocycles. The fourth-order valence-corrected chi connectivity index (χ4v) is 3.95. The number of thioether (sulfide) groups is 1. The molecule has 1 atom stereocenters. The second-order valence-corrected chi connectivity index (χ2v) is 7.89. The van der Waals surface area contributed by atoms with Crippen LogP contribution in [0.1, 0.15) is 33.1 Å². The molecule has 0 aliphatic rings. The van der Waals surface area contributed by atoms with E-state index in [1.807, 2.05) is 68.6 Å². The van der Waals surface area contributed by atoms with Crippen molar-refractivity contribution in [3.63, 3.8) is 0 Å². The minimum Gasteiger partial charge on any atom is -0.361 e. The number of anilines is 2. The van der Waals surface area contributed by atoms with E-state index < -0.39 is 0 Å². The largest absolute Gasteiger partial charge is 0.361 e. The lowest BCUT2D eigenvalue weighted by atomic mass is 10.2. The van der Waals surface area contributed by atoms with E-state index in [0.717, 1.165) is 33.6 Å². The minimum absolute atomic E-state index is 0.00847. The first-order valence-corrected chi connectivity index (χ1v) is 10.4. The molecule has 0 fully saturated rings. The summed E-state index contributed by atoms with van der Waals surface area (Å²) in [7, 11) is 0. The van der Waals surface area contributed by atoms with Crippen LogP contribution in [0.3, 0.4) is 0 Å². The van der Waals surface area contributed by atoms with Gasteiger partial charge >= 0.3 is 0 Å². The van der Waals surface area contributed by atoms with Gasteiger partial charge in [0.05, 0.1) is 5.25 Å². The van der Waals surface area contributed by atoms with Gasteiger partial charge in [-0.15, -0.1) is 11.8 Å². The predicted molar refractivity (Wildman–Crippen MR) is 117 cm³/mol. The summed E-state index contributed by atoms with van der Waals surface area (Å²) in [5.74, 6) is -0.0204. The quantitative estimate of drug-likeness (QED) is 0.446. The van der Waals surface area contributed by atoms with Crippen LogP contribution in [0.5, 0.6) is 0 Å². The van der Waals surface area contributed by atoms with Crippen molar-refractivity contribution in [2.24, 2.45) is 0 Å². The first-order chi connectivity index (χ1) is 13.6. The first-order valence-electron chi connectivity index (χ1n) is 9.53. The summed E-state index contributed by atoms with van der Waals surface area (Å²) in [4.78, 5) is 28.7. The maximum Gasteiger partial charge on any atom is 0.237 e. The lowest BCUT2D eigenvalue weighted by Crippen LogP contribution is -2.24. The van der Waals surface area contributed by atoms with Crippen LogP contribution in [0.25, 0.3) is 10.9 Å². The summed E-state index contributed by atoms with van der Waals surface area (Å²) in [6, 6.07) is 15.5. The van der Waals surface area contributed by atoms with E-state index in [0.29, 0.717) is 12.8 Å². The molecule has 5 nitrogen and oxygen atoms in total. The van der Waals surface area contributed by atoms with E-state index in [4.69, 9.17) is 0 Å². The van der Waals surface area contributed by atoms with E-state index in [2.05, 4.69) is 15.6 Å². The third-order valence-electron chi connectivity index (χ3n) is 4.36. The van der Waals surface area contributed by atoms with E-state index in [9.17, 15) is 9.59 Å². The lowest BCUT2D eigenvalue weighted by Gasteiger charge is -2.15. The number of carbonyl (C=O) groups is 2. The third kappa shape index (κ3) is 5.16. The molecule has 0 spiro atoms. The van der Waals surface area contributed by atoms with Gasteiger partial charge in [-0.05, 0) is 54.6 Å². The van der Waals surface area contributed by atoms with Crippen molar-refractivity contribution in [3.8, 4) is 0 Å². The van der Waals surface area contributed by atoms with Crippen molar-refractivity contribution < 1.29 is 9.59 Å². The monoisotopic (exact) mass is 395 g/mol. The Bertz CT molecular complexity index is 967. The Kier molecular flexibility index (Phi) is 6.76. The van der Waals surface area contributed by atoms with Gasteiger partial charge in [0.15, 0.2) is 0 Å². The van der Waals surface area contributed by atoms with Gasteiger partial charge in [0.1, 0.15) is 0 Å². The Balaban J connectivity index is 1.65. The molecule has 0 saturated carbocycles. The zero-order valence-electron chi connectivity index (χ0n) is 16.1. The summed E-state index contributed by atoms with van der Waals surface area (Å²) >= 11 is 1.50. The van der Waals surface area contributed by atoms with E-state index in [-0.39, 0.29) is 17.1 Å². The molecule has 0 saturated heterocycles. The van der Waals surface area contributed by atoms with Gasteiger partial charge in [-0.25, -0.2) is 0 Å². The number of aromatic nitrogens is 1. The maximum absolute atomic E-state index is 12.8. The highest BCUT2D eigenvalue weighted by molar-refractivity contribution is 8.00. The molecule has 0 aliphatic carbocycles. The molecule has 2 aromatic carbocycles. The summed E-state index contributed by atoms with van der Waals surface area (Å²) in [6.07, 6.45) is 3.90. The van der Waals surface area contributed by atoms with Gasteiger partial charge in [-0.2, -0.15) is 0 Å². The molecule has 6 heteroatoms. The summed E-state index contributed by atoms with van der Waals surface area (Å²) in [6.45, 7) is 3.97. The van der Waals surface area contributed by atoms with Gasteiger partial charge in [0, 0.05) is 34.4 Å². The molecule has 0 radical (unpaired) electrons. The molecule has 0 bridgehead atoms. The van der Waals surface area contributed by atoms with E-state index >= 15 is 0 Å². The van der Waals surface area contributed by atoms with Crippen LogP contribution < -0.4 is 10.6 Å². The molecule has 3 N–H and O–H groups in total. The highest BCUT2D eigenvalue weighted by Crippen LogP contribution is 2.29. The normalized spacial score (nSPS) is 11.9. The molecule has 3 rings (SSSR count). The number of benzene rings is 2. The number of hydrogen-bond acceptors (Lipinski definition) is 3. The number of nitrogens with one attached hydrogen (secondary N) is 3. The number of amides is 2. The zero-order chi connectivity index (χ0) is 19.9. The van der Waals surface area contributed by atoms with Crippen molar-refractivity contribution in [2.45, 2.75) is 43.3 Å². The topological polar surface area (TPSA) is 74.0 Å². The summed E-state index contributed by atoms with van der Waals surface area (Å²) in [5, 5.41) is 6.80. The van der Waals surface area contributed by atoms with Crippen LogP contribution in [-0.4, -0.2) is 22.0 Å². The third-order valence-corrected chi connectivity index (χ3v) is 5.72. The number of H-pyrrole nitrogens is 1. The molecule has 1 aromatic heterocycles. The molecule has 1 unspecified atom stereocenters. The average Bonchev–Trinajstić information content (AvgIpc) is 3.14. The van der Waals surface area contributed by atoms with Gasteiger partial charge in [-0.1, -0.05) is 26.0 Å². The number of fused-ring (bicyclic) bond motifs is 1. The van der Waals surface area contributed by atoms with Crippen molar-refractivity contribution in [3.05, 3.63) is 54.7 Å². The Morgan fingerprint density at radius 1 is 1.04 bits per heavy atom. The highest BCUT2D eigenvalue weighted by Gasteiger charge is 2.18. The van der Waals surface area contributed by atoms with Crippen LogP contribution >= 0.6 is 11.8 Å². The van der Waals surface area contributed by atoms with Crippen LogP contribution in [0.2, 0.25) is 0 Å². The van der Waals surface area contributed by atoms with Crippen LogP contribution in [0.4, 0.5) is 11.4 Å². The molecular weight excluding hydrogens is 370 g/mol. The Labute approximate surface area is 169 Å². The average molecular weight is 396 g/mol. The Morgan fingerprint density at radius 2 is 1.86 bits per heavy atom. The minimum atomic E-state index is -0.221. The molecular formula is C22H25N3O2S. The van der Waals surface area contributed by atoms with Gasteiger partial charge in [0.2, 0.25) is 11.8 Å². The van der Waals surface area contributed by atoms with Crippen molar-refractivity contribution >= 4 is 45.9 Å². The van der Waals surface area contributed by atoms with Crippen LogP contribution in [-0.2, 0) is 9.59 Å². The SMILES string of the molecule is CCCC(=O)Nc1cccc(SC(CC)C(=O)Nc2ccc3cc[nH]c3c2)c1. The van der Waals surface area contributed by atoms with E-state index in [1.54, 1.807) is 0 Å². The molecule has 28 heavy (non-hydrogen) atoms. The number of aromatic amines is 1. The number of rotatable bonds is 8. The van der Waals surface area contributed by atoms with Gasteiger partial charge < -0.3 is 15.6 Å². The Hall–Kier alpha value is -2.73. The van der Waals surface area contributed by atoms with Crippen LogP contribution in [0.15, 0.2) is 59.6 Å².